The van der Waals surface area contributed by atoms with Crippen LogP contribution in [0.15, 0.2) is 30.5 Å². The number of rotatable bonds is 8. The third kappa shape index (κ3) is 5.92. The predicted octanol–water partition coefficient (Wildman–Crippen LogP) is 4.47. The number of thiazole rings is 1. The van der Waals surface area contributed by atoms with Gasteiger partial charge in [-0.15, -0.1) is 0 Å². The highest BCUT2D eigenvalue weighted by molar-refractivity contribution is 7.13. The fraction of sp³-hybridized carbons (Fsp3) is 0.520. The van der Waals surface area contributed by atoms with E-state index < -0.39 is 13.0 Å². The van der Waals surface area contributed by atoms with E-state index in [0.29, 0.717) is 16.7 Å². The molecular weight excluding hydrogens is 472 g/mol. The molecule has 0 bridgehead atoms. The third-order valence-electron chi connectivity index (χ3n) is 6.95. The smallest absolute Gasteiger partial charge is 0.273 e. The van der Waals surface area contributed by atoms with Gasteiger partial charge in [-0.05, 0) is 57.1 Å². The zero-order valence-corrected chi connectivity index (χ0v) is 20.3. The summed E-state index contributed by atoms with van der Waals surface area (Å²) in [5, 5.41) is 12.5. The molecule has 2 aromatic heterocycles. The van der Waals surface area contributed by atoms with Crippen molar-refractivity contribution in [3.05, 3.63) is 46.6 Å². The van der Waals surface area contributed by atoms with Crippen molar-refractivity contribution < 1.29 is 18.3 Å². The molecule has 1 aromatic carbocycles. The molecule has 3 aromatic rings. The van der Waals surface area contributed by atoms with E-state index in [-0.39, 0.29) is 11.9 Å². The molecule has 1 N–H and O–H groups in total. The summed E-state index contributed by atoms with van der Waals surface area (Å²) in [6.45, 7) is 2.11. The number of hydrogen-bond donors (Lipinski definition) is 1. The van der Waals surface area contributed by atoms with E-state index >= 15 is 0 Å². The lowest BCUT2D eigenvalue weighted by molar-refractivity contribution is 0.0815. The van der Waals surface area contributed by atoms with E-state index in [2.05, 4.69) is 25.4 Å². The molecule has 0 unspecified atom stereocenters. The maximum atomic E-state index is 12.9. The Morgan fingerprint density at radius 1 is 1.23 bits per heavy atom. The standard InChI is InChI=1S/C25H29F2N5O2S/c26-23(27)15-34-25-30-21-14-32(12-10-22(21)35-25)11-9-16-5-7-17(8-6-16)29-24(33)19-13-28-31-20-4-2-1-3-18(19)20/h1-4,13,16-17,23H,5-12,14-15H2,(H,29,33). The third-order valence-corrected chi connectivity index (χ3v) is 8.02. The number of halogens is 2. The van der Waals surface area contributed by atoms with Crippen molar-refractivity contribution in [2.24, 2.45) is 5.92 Å². The summed E-state index contributed by atoms with van der Waals surface area (Å²) in [5.41, 5.74) is 2.27. The van der Waals surface area contributed by atoms with Crippen LogP contribution in [0, 0.1) is 5.92 Å². The van der Waals surface area contributed by atoms with Crippen LogP contribution in [0.2, 0.25) is 0 Å². The van der Waals surface area contributed by atoms with Gasteiger partial charge in [0.15, 0.2) is 6.61 Å². The molecule has 5 rings (SSSR count). The van der Waals surface area contributed by atoms with Gasteiger partial charge in [-0.2, -0.15) is 10.2 Å². The highest BCUT2D eigenvalue weighted by Gasteiger charge is 2.26. The average Bonchev–Trinajstić information content (AvgIpc) is 3.29. The number of fused-ring (bicyclic) bond motifs is 2. The summed E-state index contributed by atoms with van der Waals surface area (Å²) in [4.78, 5) is 20.9. The van der Waals surface area contributed by atoms with Gasteiger partial charge >= 0.3 is 0 Å². The van der Waals surface area contributed by atoms with Crippen molar-refractivity contribution in [1.29, 1.82) is 0 Å². The van der Waals surface area contributed by atoms with Crippen LogP contribution in [0.1, 0.15) is 53.0 Å². The number of carbonyl (C=O) groups is 1. The monoisotopic (exact) mass is 501 g/mol. The summed E-state index contributed by atoms with van der Waals surface area (Å²) in [7, 11) is 0. The Bertz CT molecular complexity index is 1160. The van der Waals surface area contributed by atoms with Gasteiger partial charge in [-0.25, -0.2) is 13.8 Å². The van der Waals surface area contributed by atoms with Gasteiger partial charge in [-0.3, -0.25) is 9.69 Å². The van der Waals surface area contributed by atoms with Crippen LogP contribution >= 0.6 is 11.3 Å². The van der Waals surface area contributed by atoms with Crippen LogP contribution in [-0.2, 0) is 13.0 Å². The fourth-order valence-electron chi connectivity index (χ4n) is 5.03. The second kappa shape index (κ2) is 10.9. The van der Waals surface area contributed by atoms with Crippen molar-refractivity contribution in [1.82, 2.24) is 25.4 Å². The molecule has 7 nitrogen and oxygen atoms in total. The normalized spacial score (nSPS) is 20.7. The van der Waals surface area contributed by atoms with Crippen LogP contribution in [0.4, 0.5) is 8.78 Å². The molecule has 0 spiro atoms. The molecule has 186 valence electrons. The number of nitrogens with zero attached hydrogens (tertiary/aromatic N) is 4. The van der Waals surface area contributed by atoms with Crippen molar-refractivity contribution in [2.75, 3.05) is 19.7 Å². The molecule has 0 radical (unpaired) electrons. The second-order valence-electron chi connectivity index (χ2n) is 9.33. The van der Waals surface area contributed by atoms with Gasteiger partial charge in [0, 0.05) is 29.4 Å². The van der Waals surface area contributed by atoms with Crippen LogP contribution in [-0.4, -0.2) is 58.2 Å². The van der Waals surface area contributed by atoms with Crippen molar-refractivity contribution in [3.63, 3.8) is 0 Å². The number of aromatic nitrogens is 3. The average molecular weight is 502 g/mol. The fourth-order valence-corrected chi connectivity index (χ4v) is 5.94. The Kier molecular flexibility index (Phi) is 7.48. The molecule has 35 heavy (non-hydrogen) atoms. The van der Waals surface area contributed by atoms with E-state index in [1.165, 1.54) is 11.3 Å². The molecule has 1 saturated carbocycles. The SMILES string of the molecule is O=C(NC1CCC(CCN2CCc3sc(OCC(F)F)nc3C2)CC1)c1cnnc2ccccc12. The molecule has 2 aliphatic rings. The minimum absolute atomic E-state index is 0.0798. The molecule has 0 saturated heterocycles. The van der Waals surface area contributed by atoms with Gasteiger partial charge in [0.1, 0.15) is 0 Å². The second-order valence-corrected chi connectivity index (χ2v) is 10.4. The minimum atomic E-state index is -2.48. The zero-order chi connectivity index (χ0) is 24.2. The van der Waals surface area contributed by atoms with Gasteiger partial charge in [-0.1, -0.05) is 29.5 Å². The molecule has 1 amide bonds. The molecule has 10 heteroatoms. The summed E-state index contributed by atoms with van der Waals surface area (Å²) in [5.74, 6) is 0.567. The predicted molar refractivity (Wildman–Crippen MR) is 130 cm³/mol. The van der Waals surface area contributed by atoms with Crippen molar-refractivity contribution >= 4 is 28.1 Å². The first-order chi connectivity index (χ1) is 17.0. The Morgan fingerprint density at radius 2 is 2.06 bits per heavy atom. The Morgan fingerprint density at radius 3 is 2.89 bits per heavy atom. The topological polar surface area (TPSA) is 80.2 Å². The molecule has 0 atom stereocenters. The lowest BCUT2D eigenvalue weighted by Gasteiger charge is -2.32. The number of nitrogens with one attached hydrogen (secondary N) is 1. The minimum Gasteiger partial charge on any atom is -0.464 e. The lowest BCUT2D eigenvalue weighted by Crippen LogP contribution is -2.38. The molecule has 3 heterocycles. The maximum Gasteiger partial charge on any atom is 0.273 e. The van der Waals surface area contributed by atoms with E-state index in [1.807, 2.05) is 24.3 Å². The largest absolute Gasteiger partial charge is 0.464 e. The summed E-state index contributed by atoms with van der Waals surface area (Å²) in [6.07, 6.45) is 5.23. The highest BCUT2D eigenvalue weighted by atomic mass is 32.1. The van der Waals surface area contributed by atoms with Crippen molar-refractivity contribution in [2.45, 2.75) is 57.5 Å². The molecule has 1 aliphatic carbocycles. The lowest BCUT2D eigenvalue weighted by atomic mass is 9.84. The number of amides is 1. The van der Waals surface area contributed by atoms with E-state index in [4.69, 9.17) is 4.74 Å². The first-order valence-electron chi connectivity index (χ1n) is 12.2. The zero-order valence-electron chi connectivity index (χ0n) is 19.5. The van der Waals surface area contributed by atoms with Crippen molar-refractivity contribution in [3.8, 4) is 5.19 Å². The van der Waals surface area contributed by atoms with Crippen LogP contribution < -0.4 is 10.1 Å². The molecular formula is C25H29F2N5O2S. The van der Waals surface area contributed by atoms with Gasteiger partial charge in [0.2, 0.25) is 0 Å². The summed E-state index contributed by atoms with van der Waals surface area (Å²) < 4.78 is 29.9. The Balaban J connectivity index is 1.06. The Labute approximate surface area is 206 Å². The molecule has 1 fully saturated rings. The number of benzene rings is 1. The first kappa shape index (κ1) is 24.0. The van der Waals surface area contributed by atoms with E-state index in [9.17, 15) is 13.6 Å². The summed E-state index contributed by atoms with van der Waals surface area (Å²) in [6, 6.07) is 7.75. The maximum absolute atomic E-state index is 12.9. The molecule has 1 aliphatic heterocycles. The first-order valence-corrected chi connectivity index (χ1v) is 13.0. The number of alkyl halides is 2. The quantitative estimate of drug-likeness (QED) is 0.491. The van der Waals surface area contributed by atoms with Gasteiger partial charge < -0.3 is 10.1 Å². The number of hydrogen-bond acceptors (Lipinski definition) is 7. The Hall–Kier alpha value is -2.72. The van der Waals surface area contributed by atoms with Gasteiger partial charge in [0.05, 0.1) is 23.0 Å². The number of carbonyl (C=O) groups excluding carboxylic acids is 1. The van der Waals surface area contributed by atoms with Crippen LogP contribution in [0.25, 0.3) is 10.9 Å². The summed E-state index contributed by atoms with van der Waals surface area (Å²) >= 11 is 1.39. The highest BCUT2D eigenvalue weighted by Crippen LogP contribution is 2.32. The van der Waals surface area contributed by atoms with Crippen LogP contribution in [0.5, 0.6) is 5.19 Å². The van der Waals surface area contributed by atoms with Gasteiger partial charge in [0.25, 0.3) is 17.5 Å². The van der Waals surface area contributed by atoms with Crippen LogP contribution in [0.3, 0.4) is 0 Å². The van der Waals surface area contributed by atoms with E-state index in [1.54, 1.807) is 6.20 Å². The van der Waals surface area contributed by atoms with E-state index in [0.717, 1.165) is 79.6 Å². The number of ether oxygens (including phenoxy) is 1.